The number of nitriles is 1. The van der Waals surface area contributed by atoms with E-state index in [4.69, 9.17) is 21.4 Å². The summed E-state index contributed by atoms with van der Waals surface area (Å²) < 4.78 is 113. The molecule has 1 aliphatic carbocycles. The Morgan fingerprint density at radius 1 is 1.16 bits per heavy atom. The molecule has 4 rings (SSSR count). The normalized spacial score (nSPS) is 15.4. The number of halogens is 9. The number of carbonyl (C=O) groups is 1. The quantitative estimate of drug-likeness (QED) is 0.400. The second-order valence-electron chi connectivity index (χ2n) is 8.18. The summed E-state index contributed by atoms with van der Waals surface area (Å²) in [5.41, 5.74) is -7.34. The highest BCUT2D eigenvalue weighted by atomic mass is 35.5. The molecule has 7 nitrogen and oxygen atoms in total. The molecule has 0 atom stereocenters. The van der Waals surface area contributed by atoms with E-state index in [1.807, 2.05) is 6.07 Å². The maximum absolute atomic E-state index is 13.9. The fourth-order valence-electron chi connectivity index (χ4n) is 3.49. The van der Waals surface area contributed by atoms with Crippen LogP contribution in [0.2, 0.25) is 5.02 Å². The van der Waals surface area contributed by atoms with Crippen molar-refractivity contribution in [3.63, 3.8) is 0 Å². The molecule has 0 bridgehead atoms. The van der Waals surface area contributed by atoms with Crippen LogP contribution in [-0.2, 0) is 19.1 Å². The lowest BCUT2D eigenvalue weighted by atomic mass is 10.0. The summed E-state index contributed by atoms with van der Waals surface area (Å²) in [5, 5.41) is 18.0. The van der Waals surface area contributed by atoms with E-state index in [2.05, 4.69) is 15.6 Å². The first-order valence-electron chi connectivity index (χ1n) is 10.1. The number of hydrogen-bond acceptors (Lipinski definition) is 5. The van der Waals surface area contributed by atoms with Crippen molar-refractivity contribution in [2.75, 3.05) is 0 Å². The number of hydrogen-bond donors (Lipinski definition) is 1. The third-order valence-corrected chi connectivity index (χ3v) is 5.88. The summed E-state index contributed by atoms with van der Waals surface area (Å²) in [4.78, 5) is 12.6. The molecule has 1 amide bonds. The highest BCUT2D eigenvalue weighted by Gasteiger charge is 2.64. The fraction of sp³-hybridized carbons (Fsp3) is 0.333. The molecule has 196 valence electrons. The Labute approximate surface area is 206 Å². The minimum Gasteiger partial charge on any atom is -0.354 e. The van der Waals surface area contributed by atoms with Gasteiger partial charge in [0.15, 0.2) is 11.5 Å². The van der Waals surface area contributed by atoms with Gasteiger partial charge in [-0.1, -0.05) is 22.8 Å². The van der Waals surface area contributed by atoms with Crippen molar-refractivity contribution in [3.8, 4) is 28.8 Å². The van der Waals surface area contributed by atoms with E-state index < -0.39 is 52.4 Å². The van der Waals surface area contributed by atoms with Crippen molar-refractivity contribution in [1.82, 2.24) is 20.3 Å². The average molecular weight is 554 g/mol. The maximum Gasteiger partial charge on any atom is 0.459 e. The molecule has 37 heavy (non-hydrogen) atoms. The smallest absolute Gasteiger partial charge is 0.354 e. The molecule has 0 unspecified atom stereocenters. The standard InChI is InChI=1S/C21H12ClF8N5O2/c1-35-15(14(20(25,26)27)16(33-35)19(23,24)21(28,29)30)13-7-12(34-37-13)9-2-3-11(22)10(6-9)17(36)32-18(8-31)4-5-18/h2-3,6-7H,4-5H2,1H3,(H,32,36). The van der Waals surface area contributed by atoms with E-state index >= 15 is 0 Å². The van der Waals surface area contributed by atoms with Gasteiger partial charge in [-0.25, -0.2) is 0 Å². The second kappa shape index (κ2) is 8.44. The Morgan fingerprint density at radius 3 is 2.35 bits per heavy atom. The molecule has 1 aromatic carbocycles. The number of rotatable bonds is 5. The van der Waals surface area contributed by atoms with Crippen molar-refractivity contribution in [3.05, 3.63) is 46.1 Å². The van der Waals surface area contributed by atoms with Gasteiger partial charge in [-0.2, -0.15) is 45.5 Å². The van der Waals surface area contributed by atoms with Crippen molar-refractivity contribution < 1.29 is 44.4 Å². The van der Waals surface area contributed by atoms with E-state index in [0.29, 0.717) is 12.8 Å². The molecule has 16 heteroatoms. The first-order valence-corrected chi connectivity index (χ1v) is 10.5. The lowest BCUT2D eigenvalue weighted by molar-refractivity contribution is -0.292. The van der Waals surface area contributed by atoms with Crippen LogP contribution in [0.15, 0.2) is 28.8 Å². The number of aromatic nitrogens is 3. The molecule has 0 radical (unpaired) electrons. The van der Waals surface area contributed by atoms with Crippen molar-refractivity contribution in [2.24, 2.45) is 7.05 Å². The number of alkyl halides is 8. The molecule has 1 N–H and O–H groups in total. The third-order valence-electron chi connectivity index (χ3n) is 5.55. The topological polar surface area (TPSA) is 96.7 Å². The predicted octanol–water partition coefficient (Wildman–Crippen LogP) is 5.85. The zero-order valence-corrected chi connectivity index (χ0v) is 19.0. The van der Waals surface area contributed by atoms with Crippen LogP contribution in [0.1, 0.15) is 34.5 Å². The molecule has 0 spiro atoms. The van der Waals surface area contributed by atoms with Gasteiger partial charge >= 0.3 is 18.3 Å². The first-order chi connectivity index (χ1) is 17.0. The van der Waals surface area contributed by atoms with E-state index in [1.54, 1.807) is 0 Å². The second-order valence-corrected chi connectivity index (χ2v) is 8.59. The summed E-state index contributed by atoms with van der Waals surface area (Å²) >= 11 is 6.06. The molecule has 2 aromatic heterocycles. The van der Waals surface area contributed by atoms with Crippen LogP contribution in [-0.4, -0.2) is 32.6 Å². The van der Waals surface area contributed by atoms with Gasteiger partial charge in [-0.05, 0) is 25.0 Å². The first kappa shape index (κ1) is 26.4. The maximum atomic E-state index is 13.9. The molecule has 2 heterocycles. The average Bonchev–Trinajstić information content (AvgIpc) is 3.21. The highest BCUT2D eigenvalue weighted by Crippen LogP contribution is 2.50. The third kappa shape index (κ3) is 4.61. The number of aryl methyl sites for hydroxylation is 1. The predicted molar refractivity (Wildman–Crippen MR) is 109 cm³/mol. The van der Waals surface area contributed by atoms with Gasteiger partial charge in [0.05, 0.1) is 16.7 Å². The van der Waals surface area contributed by atoms with E-state index in [-0.39, 0.29) is 26.5 Å². The van der Waals surface area contributed by atoms with Crippen LogP contribution in [0.3, 0.4) is 0 Å². The summed E-state index contributed by atoms with van der Waals surface area (Å²) in [6.45, 7) is 0. The van der Waals surface area contributed by atoms with E-state index in [0.717, 1.165) is 13.1 Å². The van der Waals surface area contributed by atoms with Crippen LogP contribution >= 0.6 is 11.6 Å². The Bertz CT molecular complexity index is 1430. The molecule has 1 saturated carbocycles. The molecule has 0 saturated heterocycles. The van der Waals surface area contributed by atoms with Crippen molar-refractivity contribution >= 4 is 17.5 Å². The van der Waals surface area contributed by atoms with Gasteiger partial charge in [0.1, 0.15) is 22.5 Å². The largest absolute Gasteiger partial charge is 0.459 e. The van der Waals surface area contributed by atoms with Gasteiger partial charge < -0.3 is 9.84 Å². The monoisotopic (exact) mass is 553 g/mol. The van der Waals surface area contributed by atoms with E-state index in [1.165, 1.54) is 18.2 Å². The number of amides is 1. The zero-order chi connectivity index (χ0) is 27.6. The summed E-state index contributed by atoms with van der Waals surface area (Å²) in [7, 11) is 0.733. The Balaban J connectivity index is 1.77. The van der Waals surface area contributed by atoms with Crippen LogP contribution in [0, 0.1) is 11.3 Å². The molecule has 1 fully saturated rings. The lowest BCUT2D eigenvalue weighted by Gasteiger charge is -2.19. The molecule has 3 aromatic rings. The van der Waals surface area contributed by atoms with Crippen LogP contribution < -0.4 is 5.32 Å². The van der Waals surface area contributed by atoms with Gasteiger partial charge in [-0.15, -0.1) is 0 Å². The summed E-state index contributed by atoms with van der Waals surface area (Å²) in [6, 6.07) is 6.59. The number of nitrogens with zero attached hydrogens (tertiary/aromatic N) is 4. The van der Waals surface area contributed by atoms with Crippen LogP contribution in [0.4, 0.5) is 35.1 Å². The minimum absolute atomic E-state index is 0.0243. The van der Waals surface area contributed by atoms with Crippen LogP contribution in [0.5, 0.6) is 0 Å². The lowest BCUT2D eigenvalue weighted by Crippen LogP contribution is -2.36. The number of carbonyl (C=O) groups excluding carboxylic acids is 1. The zero-order valence-electron chi connectivity index (χ0n) is 18.2. The van der Waals surface area contributed by atoms with Gasteiger partial charge in [0.2, 0.25) is 0 Å². The molecule has 1 aliphatic rings. The van der Waals surface area contributed by atoms with Gasteiger partial charge in [0, 0.05) is 18.7 Å². The van der Waals surface area contributed by atoms with Crippen LogP contribution in [0.25, 0.3) is 22.7 Å². The number of benzene rings is 1. The number of nitrogens with one attached hydrogen (secondary N) is 1. The van der Waals surface area contributed by atoms with E-state index in [9.17, 15) is 39.9 Å². The fourth-order valence-corrected chi connectivity index (χ4v) is 3.69. The molecular weight excluding hydrogens is 542 g/mol. The van der Waals surface area contributed by atoms with Crippen molar-refractivity contribution in [1.29, 1.82) is 5.26 Å². The Morgan fingerprint density at radius 2 is 1.81 bits per heavy atom. The SMILES string of the molecule is Cn1nc(C(F)(F)C(F)(F)F)c(C(F)(F)F)c1-c1cc(-c2ccc(Cl)c(C(=O)NC3(C#N)CC3)c2)no1. The summed E-state index contributed by atoms with van der Waals surface area (Å²) in [5.74, 6) is -7.44. The Hall–Kier alpha value is -3.67. The Kier molecular flexibility index (Phi) is 6.02. The van der Waals surface area contributed by atoms with Gasteiger partial charge in [-0.3, -0.25) is 9.48 Å². The van der Waals surface area contributed by atoms with Gasteiger partial charge in [0.25, 0.3) is 5.91 Å². The molecule has 0 aliphatic heterocycles. The summed E-state index contributed by atoms with van der Waals surface area (Å²) in [6.07, 6.45) is -11.2. The highest BCUT2D eigenvalue weighted by molar-refractivity contribution is 6.34. The van der Waals surface area contributed by atoms with Crippen molar-refractivity contribution in [2.45, 2.75) is 36.7 Å². The molecular formula is C21H12ClF8N5O2. The minimum atomic E-state index is -6.35.